The average Bonchev–Trinajstić information content (AvgIpc) is 2.85. The molecule has 1 unspecified atom stereocenters. The molecule has 1 nitrogen and oxygen atoms in total. The van der Waals surface area contributed by atoms with Gasteiger partial charge in [0.25, 0.3) is 0 Å². The van der Waals surface area contributed by atoms with Crippen molar-refractivity contribution in [3.63, 3.8) is 0 Å². The number of unbranched alkanes of at least 4 members (excludes halogenated alkanes) is 2. The van der Waals surface area contributed by atoms with E-state index in [9.17, 15) is 22.0 Å². The molecule has 0 aromatic heterocycles. The molecule has 2 aromatic rings. The van der Waals surface area contributed by atoms with E-state index in [1.54, 1.807) is 0 Å². The van der Waals surface area contributed by atoms with Crippen molar-refractivity contribution in [1.29, 1.82) is 0 Å². The number of hydrogen-bond donors (Lipinski definition) is 0. The topological polar surface area (TPSA) is 9.23 Å². The normalized spacial score (nSPS) is 24.9. The van der Waals surface area contributed by atoms with E-state index in [1.807, 2.05) is 12.1 Å². The van der Waals surface area contributed by atoms with Crippen LogP contribution in [0.4, 0.5) is 22.0 Å². The summed E-state index contributed by atoms with van der Waals surface area (Å²) in [7, 11) is 0. The number of halogens is 5. The highest BCUT2D eigenvalue weighted by molar-refractivity contribution is 5.64. The third-order valence-electron chi connectivity index (χ3n) is 8.08. The monoisotopic (exact) mass is 494 g/mol. The third-order valence-corrected chi connectivity index (χ3v) is 8.08. The Balaban J connectivity index is 1.35. The summed E-state index contributed by atoms with van der Waals surface area (Å²) in [4.78, 5) is 0. The van der Waals surface area contributed by atoms with Crippen LogP contribution in [0.5, 0.6) is 5.75 Å². The molecule has 2 saturated carbocycles. The maximum absolute atomic E-state index is 14.3. The third kappa shape index (κ3) is 6.37. The first-order valence-electron chi connectivity index (χ1n) is 13.0. The van der Waals surface area contributed by atoms with Crippen LogP contribution in [0.3, 0.4) is 0 Å². The van der Waals surface area contributed by atoms with Crippen LogP contribution in [0, 0.1) is 23.6 Å². The van der Waals surface area contributed by atoms with Gasteiger partial charge in [-0.2, -0.15) is 17.6 Å². The van der Waals surface area contributed by atoms with E-state index in [4.69, 9.17) is 0 Å². The Morgan fingerprint density at radius 1 is 0.886 bits per heavy atom. The second-order valence-corrected chi connectivity index (χ2v) is 10.4. The Morgan fingerprint density at radius 3 is 2.26 bits per heavy atom. The molecule has 0 bridgehead atoms. The lowest BCUT2D eigenvalue weighted by Crippen LogP contribution is -2.33. The highest BCUT2D eigenvalue weighted by Crippen LogP contribution is 2.48. The zero-order chi connectivity index (χ0) is 25.0. The molecule has 0 aliphatic heterocycles. The van der Waals surface area contributed by atoms with E-state index >= 15 is 0 Å². The molecule has 0 amide bonds. The van der Waals surface area contributed by atoms with Gasteiger partial charge in [0.1, 0.15) is 0 Å². The minimum absolute atomic E-state index is 0.479. The first-order chi connectivity index (χ1) is 16.8. The first-order valence-corrected chi connectivity index (χ1v) is 13.0. The van der Waals surface area contributed by atoms with Gasteiger partial charge in [0.05, 0.1) is 0 Å². The Labute approximate surface area is 205 Å². The van der Waals surface area contributed by atoms with Gasteiger partial charge in [-0.1, -0.05) is 69.4 Å². The van der Waals surface area contributed by atoms with Gasteiger partial charge < -0.3 is 4.74 Å². The van der Waals surface area contributed by atoms with Crippen LogP contribution < -0.4 is 4.74 Å². The Hall–Kier alpha value is -2.11. The van der Waals surface area contributed by atoms with Crippen molar-refractivity contribution in [3.05, 3.63) is 53.8 Å². The molecule has 0 saturated heterocycles. The molecule has 4 atom stereocenters. The molecule has 6 heteroatoms. The van der Waals surface area contributed by atoms with Crippen molar-refractivity contribution in [2.75, 3.05) is 0 Å². The smallest absolute Gasteiger partial charge is 0.425 e. The predicted octanol–water partition coefficient (Wildman–Crippen LogP) is 9.61. The number of alkyl halides is 4. The van der Waals surface area contributed by atoms with Crippen LogP contribution in [0.15, 0.2) is 42.5 Å². The minimum Gasteiger partial charge on any atom is -0.425 e. The molecule has 0 spiro atoms. The number of rotatable bonds is 9. The Kier molecular flexibility index (Phi) is 8.38. The maximum atomic E-state index is 14.3. The van der Waals surface area contributed by atoms with E-state index in [0.29, 0.717) is 11.5 Å². The van der Waals surface area contributed by atoms with Gasteiger partial charge in [-0.25, -0.2) is 4.39 Å². The molecule has 2 aromatic carbocycles. The van der Waals surface area contributed by atoms with Crippen LogP contribution in [0.1, 0.15) is 82.6 Å². The quantitative estimate of drug-likeness (QED) is 0.249. The molecule has 35 heavy (non-hydrogen) atoms. The zero-order valence-corrected chi connectivity index (χ0v) is 20.3. The molecular formula is C29H35F5O. The molecule has 0 radical (unpaired) electrons. The second kappa shape index (κ2) is 11.3. The Bertz CT molecular complexity index is 958. The first kappa shape index (κ1) is 26.0. The minimum atomic E-state index is -4.74. The van der Waals surface area contributed by atoms with Gasteiger partial charge in [-0.15, -0.1) is 0 Å². The lowest BCUT2D eigenvalue weighted by atomic mass is 9.63. The second-order valence-electron chi connectivity index (χ2n) is 10.4. The predicted molar refractivity (Wildman–Crippen MR) is 128 cm³/mol. The van der Waals surface area contributed by atoms with Crippen LogP contribution in [0.25, 0.3) is 11.1 Å². The molecule has 0 N–H and O–H groups in total. The van der Waals surface area contributed by atoms with E-state index < -0.39 is 24.1 Å². The van der Waals surface area contributed by atoms with Crippen LogP contribution in [-0.2, 0) is 0 Å². The summed E-state index contributed by atoms with van der Waals surface area (Å²) in [6.45, 7) is 2.26. The van der Waals surface area contributed by atoms with Crippen molar-refractivity contribution in [2.45, 2.75) is 89.6 Å². The van der Waals surface area contributed by atoms with Crippen molar-refractivity contribution >= 4 is 0 Å². The van der Waals surface area contributed by atoms with E-state index in [0.717, 1.165) is 35.4 Å². The van der Waals surface area contributed by atoms with Crippen molar-refractivity contribution in [1.82, 2.24) is 0 Å². The summed E-state index contributed by atoms with van der Waals surface area (Å²) in [6, 6.07) is 11.4. The van der Waals surface area contributed by atoms with E-state index in [1.165, 1.54) is 75.8 Å². The number of fused-ring (bicyclic) bond motifs is 1. The molecule has 0 heterocycles. The lowest BCUT2D eigenvalue weighted by molar-refractivity contribution is -0.254. The van der Waals surface area contributed by atoms with E-state index in [-0.39, 0.29) is 0 Å². The van der Waals surface area contributed by atoms with Gasteiger partial charge >= 0.3 is 12.5 Å². The lowest BCUT2D eigenvalue weighted by Gasteiger charge is -2.42. The highest BCUT2D eigenvalue weighted by atomic mass is 19.3. The fourth-order valence-electron chi connectivity index (χ4n) is 6.14. The van der Waals surface area contributed by atoms with Gasteiger partial charge in [0, 0.05) is 0 Å². The summed E-state index contributed by atoms with van der Waals surface area (Å²) in [5, 5.41) is 0. The molecule has 4 rings (SSSR count). The Morgan fingerprint density at radius 2 is 1.57 bits per heavy atom. The standard InChI is InChI=1S/C29H35F5O/c1-2-3-4-5-19-6-7-24-17-23(13-12-22(24)16-19)20-8-10-21(11-9-20)25-14-15-27(26(30)18-25)35-29(33,34)28(31)32/h8-11,14-15,18-19,22-24,28H,2-7,12-13,16-17H2,1H3/t19?,22-,23-,24-/m1/s1. The zero-order valence-electron chi connectivity index (χ0n) is 20.3. The molecular weight excluding hydrogens is 459 g/mol. The highest BCUT2D eigenvalue weighted by Gasteiger charge is 2.44. The fraction of sp³-hybridized carbons (Fsp3) is 0.586. The summed E-state index contributed by atoms with van der Waals surface area (Å²) in [6.07, 6.45) is 4.44. The summed E-state index contributed by atoms with van der Waals surface area (Å²) in [5.74, 6) is 1.13. The summed E-state index contributed by atoms with van der Waals surface area (Å²) >= 11 is 0. The van der Waals surface area contributed by atoms with Crippen LogP contribution in [-0.4, -0.2) is 12.5 Å². The summed E-state index contributed by atoms with van der Waals surface area (Å²) < 4.78 is 69.0. The van der Waals surface area contributed by atoms with E-state index in [2.05, 4.69) is 23.8 Å². The molecule has 2 fully saturated rings. The number of hydrogen-bond acceptors (Lipinski definition) is 1. The van der Waals surface area contributed by atoms with Gasteiger partial charge in [-0.3, -0.25) is 0 Å². The van der Waals surface area contributed by atoms with Crippen molar-refractivity contribution in [3.8, 4) is 16.9 Å². The van der Waals surface area contributed by atoms with Crippen LogP contribution in [0.2, 0.25) is 0 Å². The summed E-state index contributed by atoms with van der Waals surface area (Å²) in [5.41, 5.74) is 2.50. The van der Waals surface area contributed by atoms with Gasteiger partial charge in [-0.05, 0) is 84.6 Å². The number of benzene rings is 2. The van der Waals surface area contributed by atoms with Gasteiger partial charge in [0.2, 0.25) is 0 Å². The molecule has 2 aliphatic rings. The SMILES string of the molecule is CCCCCC1CC[C@@H]2C[C@H](c3ccc(-c4ccc(OC(F)(F)C(F)F)c(F)c4)cc3)CC[C@@H]2C1. The van der Waals surface area contributed by atoms with Crippen molar-refractivity contribution in [2.24, 2.45) is 17.8 Å². The fourth-order valence-corrected chi connectivity index (χ4v) is 6.14. The average molecular weight is 495 g/mol. The molecule has 192 valence electrons. The molecule has 2 aliphatic carbocycles. The maximum Gasteiger partial charge on any atom is 0.461 e. The van der Waals surface area contributed by atoms with Crippen LogP contribution >= 0.6 is 0 Å². The number of ether oxygens (including phenoxy) is 1. The van der Waals surface area contributed by atoms with Gasteiger partial charge in [0.15, 0.2) is 11.6 Å². The largest absolute Gasteiger partial charge is 0.461 e. The van der Waals surface area contributed by atoms with Crippen molar-refractivity contribution < 1.29 is 26.7 Å².